The number of nitro benzene ring substituents is 1. The highest BCUT2D eigenvalue weighted by Crippen LogP contribution is 2.26. The van der Waals surface area contributed by atoms with E-state index in [0.717, 1.165) is 11.6 Å². The zero-order valence-electron chi connectivity index (χ0n) is 13.5. The van der Waals surface area contributed by atoms with Crippen LogP contribution in [0.2, 0.25) is 5.02 Å². The van der Waals surface area contributed by atoms with Gasteiger partial charge in [-0.2, -0.15) is 5.10 Å². The van der Waals surface area contributed by atoms with Gasteiger partial charge in [-0.1, -0.05) is 23.7 Å². The summed E-state index contributed by atoms with van der Waals surface area (Å²) in [6.45, 7) is 0.376. The fourth-order valence-electron chi connectivity index (χ4n) is 2.31. The molecule has 0 aliphatic heterocycles. The highest BCUT2D eigenvalue weighted by atomic mass is 79.9. The number of halogens is 3. The number of nitrogens with one attached hydrogen (secondary N) is 1. The van der Waals surface area contributed by atoms with Crippen LogP contribution < -0.4 is 5.32 Å². The number of hydrogen-bond donors (Lipinski definition) is 1. The molecule has 10 heteroatoms. The van der Waals surface area contributed by atoms with Gasteiger partial charge in [-0.15, -0.1) is 0 Å². The number of nitrogens with zero attached hydrogens (tertiary/aromatic N) is 3. The van der Waals surface area contributed by atoms with Crippen LogP contribution in [0.4, 0.5) is 15.9 Å². The molecule has 1 N–H and O–H groups in total. The van der Waals surface area contributed by atoms with Crippen molar-refractivity contribution in [3.05, 3.63) is 85.2 Å². The third-order valence-electron chi connectivity index (χ3n) is 3.61. The summed E-state index contributed by atoms with van der Waals surface area (Å²) in [5.74, 6) is -0.646. The summed E-state index contributed by atoms with van der Waals surface area (Å²) in [4.78, 5) is 22.7. The van der Waals surface area contributed by atoms with Crippen LogP contribution in [-0.2, 0) is 6.54 Å². The molecule has 1 aromatic heterocycles. The van der Waals surface area contributed by atoms with Crippen LogP contribution in [-0.4, -0.2) is 20.6 Å². The Morgan fingerprint density at radius 1 is 1.30 bits per heavy atom. The van der Waals surface area contributed by atoms with E-state index in [0.29, 0.717) is 11.0 Å². The monoisotopic (exact) mass is 452 g/mol. The van der Waals surface area contributed by atoms with Crippen molar-refractivity contribution in [3.63, 3.8) is 0 Å². The third kappa shape index (κ3) is 4.50. The van der Waals surface area contributed by atoms with Gasteiger partial charge in [0.15, 0.2) is 5.82 Å². The van der Waals surface area contributed by atoms with E-state index in [1.807, 2.05) is 0 Å². The third-order valence-corrected chi connectivity index (χ3v) is 4.51. The Kier molecular flexibility index (Phi) is 5.52. The lowest BCUT2D eigenvalue weighted by Gasteiger charge is -2.04. The molecule has 3 aromatic rings. The second kappa shape index (κ2) is 7.85. The molecule has 1 amide bonds. The van der Waals surface area contributed by atoms with E-state index in [-0.39, 0.29) is 27.9 Å². The Morgan fingerprint density at radius 2 is 2.00 bits per heavy atom. The molecule has 3 rings (SSSR count). The number of amides is 1. The number of aromatic nitrogens is 2. The molecule has 0 bridgehead atoms. The summed E-state index contributed by atoms with van der Waals surface area (Å²) in [5.41, 5.74) is 0.550. The van der Waals surface area contributed by atoms with Crippen molar-refractivity contribution >= 4 is 44.9 Å². The van der Waals surface area contributed by atoms with Gasteiger partial charge in [0.25, 0.3) is 11.6 Å². The average Bonchev–Trinajstić information content (AvgIpc) is 2.96. The summed E-state index contributed by atoms with van der Waals surface area (Å²) in [6, 6.07) is 9.74. The molecule has 0 unspecified atom stereocenters. The van der Waals surface area contributed by atoms with Crippen LogP contribution in [0, 0.1) is 15.9 Å². The average molecular weight is 454 g/mol. The van der Waals surface area contributed by atoms with Gasteiger partial charge >= 0.3 is 0 Å². The number of carbonyl (C=O) groups excluding carboxylic acids is 1. The van der Waals surface area contributed by atoms with E-state index in [9.17, 15) is 19.3 Å². The minimum absolute atomic E-state index is 0.0543. The first-order valence-electron chi connectivity index (χ1n) is 7.56. The van der Waals surface area contributed by atoms with Crippen molar-refractivity contribution in [1.82, 2.24) is 9.78 Å². The van der Waals surface area contributed by atoms with E-state index in [4.69, 9.17) is 11.6 Å². The van der Waals surface area contributed by atoms with Gasteiger partial charge in [0.1, 0.15) is 10.8 Å². The number of hydrogen-bond acceptors (Lipinski definition) is 4. The van der Waals surface area contributed by atoms with Gasteiger partial charge in [0, 0.05) is 17.8 Å². The molecule has 2 aromatic carbocycles. The quantitative estimate of drug-likeness (QED) is 0.450. The van der Waals surface area contributed by atoms with Gasteiger partial charge in [-0.3, -0.25) is 19.6 Å². The number of benzene rings is 2. The van der Waals surface area contributed by atoms with Crippen LogP contribution in [0.1, 0.15) is 15.9 Å². The van der Waals surface area contributed by atoms with Crippen LogP contribution >= 0.6 is 27.5 Å². The summed E-state index contributed by atoms with van der Waals surface area (Å²) < 4.78 is 15.1. The lowest BCUT2D eigenvalue weighted by atomic mass is 10.2. The van der Waals surface area contributed by atoms with Crippen molar-refractivity contribution in [2.45, 2.75) is 6.54 Å². The van der Waals surface area contributed by atoms with Gasteiger partial charge in [0.2, 0.25) is 0 Å². The van der Waals surface area contributed by atoms with E-state index >= 15 is 0 Å². The fourth-order valence-corrected chi connectivity index (χ4v) is 2.91. The standard InChI is InChI=1S/C17H11BrClFN4O3/c18-13-9-23(8-10-1-4-12(20)5-2-10)22-16(13)21-17(25)11-3-6-14(19)15(7-11)24(26)27/h1-7,9H,8H2,(H,21,22,25). The number of nitro groups is 1. The molecule has 0 fully saturated rings. The van der Waals surface area contributed by atoms with Gasteiger partial charge in [-0.25, -0.2) is 4.39 Å². The lowest BCUT2D eigenvalue weighted by molar-refractivity contribution is -0.384. The largest absolute Gasteiger partial charge is 0.304 e. The van der Waals surface area contributed by atoms with Crippen LogP contribution in [0.15, 0.2) is 53.1 Å². The Labute approximate surface area is 166 Å². The minimum Gasteiger partial charge on any atom is -0.304 e. The molecule has 1 heterocycles. The number of anilines is 1. The molecule has 0 radical (unpaired) electrons. The molecule has 0 spiro atoms. The normalized spacial score (nSPS) is 10.6. The second-order valence-electron chi connectivity index (χ2n) is 5.53. The minimum atomic E-state index is -0.660. The molecular weight excluding hydrogens is 443 g/mol. The van der Waals surface area contributed by atoms with Crippen molar-refractivity contribution in [2.75, 3.05) is 5.32 Å². The van der Waals surface area contributed by atoms with E-state index in [1.54, 1.807) is 23.0 Å². The Bertz CT molecular complexity index is 1020. The molecule has 0 aliphatic rings. The topological polar surface area (TPSA) is 90.1 Å². The zero-order valence-corrected chi connectivity index (χ0v) is 15.9. The van der Waals surface area contributed by atoms with Gasteiger partial charge < -0.3 is 5.32 Å². The smallest absolute Gasteiger partial charge is 0.288 e. The van der Waals surface area contributed by atoms with Gasteiger partial charge in [0.05, 0.1) is 15.9 Å². The van der Waals surface area contributed by atoms with Crippen molar-refractivity contribution in [1.29, 1.82) is 0 Å². The second-order valence-corrected chi connectivity index (χ2v) is 6.79. The molecule has 27 heavy (non-hydrogen) atoms. The lowest BCUT2D eigenvalue weighted by Crippen LogP contribution is -2.13. The van der Waals surface area contributed by atoms with E-state index in [1.165, 1.54) is 24.3 Å². The maximum Gasteiger partial charge on any atom is 0.288 e. The Morgan fingerprint density at radius 3 is 2.67 bits per heavy atom. The maximum atomic E-state index is 13.0. The summed E-state index contributed by atoms with van der Waals surface area (Å²) in [6.07, 6.45) is 1.66. The first kappa shape index (κ1) is 19.0. The predicted molar refractivity (Wildman–Crippen MR) is 101 cm³/mol. The summed E-state index contributed by atoms with van der Waals surface area (Å²) in [5, 5.41) is 17.7. The molecular formula is C17H11BrClFN4O3. The Balaban J connectivity index is 1.77. The van der Waals surface area contributed by atoms with E-state index in [2.05, 4.69) is 26.3 Å². The molecule has 138 valence electrons. The maximum absolute atomic E-state index is 13.0. The first-order valence-corrected chi connectivity index (χ1v) is 8.73. The molecule has 0 saturated heterocycles. The van der Waals surface area contributed by atoms with Crippen molar-refractivity contribution in [2.24, 2.45) is 0 Å². The predicted octanol–water partition coefficient (Wildman–Crippen LogP) is 4.65. The fraction of sp³-hybridized carbons (Fsp3) is 0.0588. The highest BCUT2D eigenvalue weighted by Gasteiger charge is 2.18. The molecule has 7 nitrogen and oxygen atoms in total. The molecule has 0 aliphatic carbocycles. The van der Waals surface area contributed by atoms with Crippen molar-refractivity contribution in [3.8, 4) is 0 Å². The SMILES string of the molecule is O=C(Nc1nn(Cc2ccc(F)cc2)cc1Br)c1ccc(Cl)c([N+](=O)[O-])c1. The zero-order chi connectivity index (χ0) is 19.6. The molecule has 0 atom stereocenters. The Hall–Kier alpha value is -2.78. The summed E-state index contributed by atoms with van der Waals surface area (Å²) in [7, 11) is 0. The van der Waals surface area contributed by atoms with Crippen LogP contribution in [0.25, 0.3) is 0 Å². The molecule has 0 saturated carbocycles. The number of carbonyl (C=O) groups is 1. The van der Waals surface area contributed by atoms with Gasteiger partial charge in [-0.05, 0) is 45.8 Å². The van der Waals surface area contributed by atoms with Crippen molar-refractivity contribution < 1.29 is 14.1 Å². The first-order chi connectivity index (χ1) is 12.8. The highest BCUT2D eigenvalue weighted by molar-refractivity contribution is 9.10. The number of rotatable bonds is 5. The van der Waals surface area contributed by atoms with Crippen LogP contribution in [0.3, 0.4) is 0 Å². The summed E-state index contributed by atoms with van der Waals surface area (Å²) >= 11 is 9.06. The van der Waals surface area contributed by atoms with E-state index < -0.39 is 10.8 Å². The van der Waals surface area contributed by atoms with Crippen LogP contribution in [0.5, 0.6) is 0 Å².